The molecule has 0 atom stereocenters. The average Bonchev–Trinajstić information content (AvgIpc) is 2.94. The fourth-order valence-electron chi connectivity index (χ4n) is 3.32. The van der Waals surface area contributed by atoms with Crippen LogP contribution >= 0.6 is 23.1 Å². The molecule has 2 aromatic rings. The van der Waals surface area contributed by atoms with E-state index in [9.17, 15) is 14.4 Å². The molecule has 3 rings (SSSR count). The van der Waals surface area contributed by atoms with E-state index in [1.165, 1.54) is 17.6 Å². The number of carbonyl (C=O) groups excluding carboxylic acids is 3. The Labute approximate surface area is 189 Å². The van der Waals surface area contributed by atoms with Gasteiger partial charge in [-0.2, -0.15) is 5.10 Å². The van der Waals surface area contributed by atoms with Crippen molar-refractivity contribution < 1.29 is 19.1 Å². The van der Waals surface area contributed by atoms with Crippen molar-refractivity contribution in [2.75, 3.05) is 18.2 Å². The van der Waals surface area contributed by atoms with Gasteiger partial charge < -0.3 is 10.1 Å². The van der Waals surface area contributed by atoms with Gasteiger partial charge in [0.15, 0.2) is 0 Å². The van der Waals surface area contributed by atoms with E-state index in [0.29, 0.717) is 10.6 Å². The lowest BCUT2D eigenvalue weighted by Gasteiger charge is -2.08. The molecule has 0 saturated heterocycles. The summed E-state index contributed by atoms with van der Waals surface area (Å²) < 4.78 is 5.20. The molecule has 0 fully saturated rings. The molecular weight excluding hydrogens is 434 g/mol. The number of carbonyl (C=O) groups is 3. The first-order valence-corrected chi connectivity index (χ1v) is 12.2. The molecule has 1 aliphatic carbocycles. The maximum absolute atomic E-state index is 12.5. The highest BCUT2D eigenvalue weighted by Crippen LogP contribution is 2.38. The molecule has 1 aromatic heterocycles. The number of thiophene rings is 1. The Hall–Kier alpha value is -2.65. The Balaban J connectivity index is 1.69. The second kappa shape index (κ2) is 11.1. The molecule has 0 spiro atoms. The number of hydrogen-bond acceptors (Lipinski definition) is 7. The number of aryl methyl sites for hydroxylation is 1. The predicted molar refractivity (Wildman–Crippen MR) is 124 cm³/mol. The molecule has 0 bridgehead atoms. The zero-order chi connectivity index (χ0) is 22.2. The Kier molecular flexibility index (Phi) is 8.25. The van der Waals surface area contributed by atoms with E-state index in [1.54, 1.807) is 18.7 Å². The van der Waals surface area contributed by atoms with Gasteiger partial charge in [-0.05, 0) is 62.1 Å². The number of ether oxygens (including phenoxy) is 1. The van der Waals surface area contributed by atoms with Gasteiger partial charge in [-0.3, -0.25) is 9.59 Å². The number of amides is 2. The van der Waals surface area contributed by atoms with Crippen LogP contribution in [0.5, 0.6) is 0 Å². The normalized spacial score (nSPS) is 13.4. The van der Waals surface area contributed by atoms with Crippen LogP contribution in [-0.2, 0) is 27.2 Å². The van der Waals surface area contributed by atoms with Gasteiger partial charge in [-0.25, -0.2) is 10.2 Å². The number of hydrazone groups is 1. The summed E-state index contributed by atoms with van der Waals surface area (Å²) in [6, 6.07) is 7.62. The van der Waals surface area contributed by atoms with Gasteiger partial charge in [0, 0.05) is 9.77 Å². The summed E-state index contributed by atoms with van der Waals surface area (Å²) >= 11 is 2.98. The molecule has 2 N–H and O–H groups in total. The van der Waals surface area contributed by atoms with Crippen LogP contribution in [0, 0.1) is 0 Å². The zero-order valence-electron chi connectivity index (χ0n) is 17.5. The van der Waals surface area contributed by atoms with Crippen LogP contribution in [0.3, 0.4) is 0 Å². The number of nitrogens with one attached hydrogen (secondary N) is 2. The molecule has 1 aromatic carbocycles. The van der Waals surface area contributed by atoms with Crippen molar-refractivity contribution in [2.24, 2.45) is 5.10 Å². The summed E-state index contributed by atoms with van der Waals surface area (Å²) in [4.78, 5) is 39.3. The molecule has 1 heterocycles. The molecule has 0 aliphatic heterocycles. The van der Waals surface area contributed by atoms with Gasteiger partial charge in [0.1, 0.15) is 5.00 Å². The third kappa shape index (κ3) is 5.95. The molecule has 7 nitrogen and oxygen atoms in total. The van der Waals surface area contributed by atoms with Gasteiger partial charge in [-0.15, -0.1) is 23.1 Å². The SMILES string of the molecule is CCOC(=O)c1c(NC(=O)C(=O)N/N=C\c2ccc(SC)cc2)sc2c1CCCCC2. The summed E-state index contributed by atoms with van der Waals surface area (Å²) in [5.41, 5.74) is 4.33. The highest BCUT2D eigenvalue weighted by molar-refractivity contribution is 7.98. The standard InChI is InChI=1S/C22H25N3O4S2/c1-3-29-22(28)18-16-7-5-4-6-8-17(16)31-21(18)24-19(26)20(27)25-23-13-14-9-11-15(30-2)12-10-14/h9-13H,3-8H2,1-2H3,(H,24,26)(H,25,27)/b23-13-. The molecule has 2 amide bonds. The maximum Gasteiger partial charge on any atom is 0.341 e. The highest BCUT2D eigenvalue weighted by Gasteiger charge is 2.27. The van der Waals surface area contributed by atoms with Crippen molar-refractivity contribution in [1.29, 1.82) is 0 Å². The van der Waals surface area contributed by atoms with Crippen LogP contribution in [0.2, 0.25) is 0 Å². The monoisotopic (exact) mass is 459 g/mol. The predicted octanol–water partition coefficient (Wildman–Crippen LogP) is 4.00. The number of esters is 1. The van der Waals surface area contributed by atoms with E-state index >= 15 is 0 Å². The maximum atomic E-state index is 12.5. The molecule has 0 unspecified atom stereocenters. The number of rotatable bonds is 6. The quantitative estimate of drug-likeness (QED) is 0.170. The fourth-order valence-corrected chi connectivity index (χ4v) is 5.00. The van der Waals surface area contributed by atoms with Crippen molar-refractivity contribution in [1.82, 2.24) is 5.43 Å². The summed E-state index contributed by atoms with van der Waals surface area (Å²) in [7, 11) is 0. The minimum Gasteiger partial charge on any atom is -0.462 e. The minimum atomic E-state index is -0.907. The van der Waals surface area contributed by atoms with Crippen molar-refractivity contribution in [2.45, 2.75) is 43.9 Å². The summed E-state index contributed by atoms with van der Waals surface area (Å²) in [5.74, 6) is -2.25. The van der Waals surface area contributed by atoms with Crippen molar-refractivity contribution in [3.63, 3.8) is 0 Å². The van der Waals surface area contributed by atoms with Crippen LogP contribution in [0.15, 0.2) is 34.3 Å². The Morgan fingerprint density at radius 2 is 1.87 bits per heavy atom. The van der Waals surface area contributed by atoms with Crippen molar-refractivity contribution >= 4 is 52.1 Å². The van der Waals surface area contributed by atoms with Gasteiger partial charge >= 0.3 is 17.8 Å². The number of benzene rings is 1. The van der Waals surface area contributed by atoms with Gasteiger partial charge in [0.25, 0.3) is 0 Å². The topological polar surface area (TPSA) is 96.9 Å². The third-order valence-electron chi connectivity index (χ3n) is 4.83. The Morgan fingerprint density at radius 3 is 2.58 bits per heavy atom. The zero-order valence-corrected chi connectivity index (χ0v) is 19.2. The highest BCUT2D eigenvalue weighted by atomic mass is 32.2. The molecule has 0 radical (unpaired) electrons. The molecule has 164 valence electrons. The number of anilines is 1. The van der Waals surface area contributed by atoms with E-state index in [-0.39, 0.29) is 6.61 Å². The Morgan fingerprint density at radius 1 is 1.13 bits per heavy atom. The van der Waals surface area contributed by atoms with Gasteiger partial charge in [0.05, 0.1) is 18.4 Å². The number of fused-ring (bicyclic) bond motifs is 1. The minimum absolute atomic E-state index is 0.240. The lowest BCUT2D eigenvalue weighted by Crippen LogP contribution is -2.32. The third-order valence-corrected chi connectivity index (χ3v) is 6.78. The molecular formula is C22H25N3O4S2. The van der Waals surface area contributed by atoms with Gasteiger partial charge in [0.2, 0.25) is 0 Å². The number of nitrogens with zero attached hydrogens (tertiary/aromatic N) is 1. The molecule has 31 heavy (non-hydrogen) atoms. The largest absolute Gasteiger partial charge is 0.462 e. The summed E-state index contributed by atoms with van der Waals surface area (Å²) in [5, 5.41) is 6.79. The van der Waals surface area contributed by atoms with Crippen LogP contribution in [0.1, 0.15) is 52.5 Å². The van der Waals surface area contributed by atoms with Crippen LogP contribution in [0.25, 0.3) is 0 Å². The lowest BCUT2D eigenvalue weighted by atomic mass is 10.1. The van der Waals surface area contributed by atoms with Crippen LogP contribution in [0.4, 0.5) is 5.00 Å². The Bertz CT molecular complexity index is 983. The van der Waals surface area contributed by atoms with E-state index in [1.807, 2.05) is 30.5 Å². The number of hydrogen-bond donors (Lipinski definition) is 2. The average molecular weight is 460 g/mol. The van der Waals surface area contributed by atoms with Crippen LogP contribution in [-0.4, -0.2) is 36.9 Å². The lowest BCUT2D eigenvalue weighted by molar-refractivity contribution is -0.136. The first-order valence-electron chi connectivity index (χ1n) is 10.1. The fraction of sp³-hybridized carbons (Fsp3) is 0.364. The first-order chi connectivity index (χ1) is 15.0. The van der Waals surface area contributed by atoms with E-state index in [2.05, 4.69) is 15.8 Å². The molecule has 9 heteroatoms. The van der Waals surface area contributed by atoms with Crippen LogP contribution < -0.4 is 10.7 Å². The second-order valence-electron chi connectivity index (χ2n) is 6.92. The first kappa shape index (κ1) is 23.0. The number of thioether (sulfide) groups is 1. The van der Waals surface area contributed by atoms with E-state index in [0.717, 1.165) is 53.0 Å². The van der Waals surface area contributed by atoms with E-state index < -0.39 is 17.8 Å². The molecule has 1 aliphatic rings. The van der Waals surface area contributed by atoms with Crippen molar-refractivity contribution in [3.05, 3.63) is 45.8 Å². The van der Waals surface area contributed by atoms with Crippen molar-refractivity contribution in [3.8, 4) is 0 Å². The van der Waals surface area contributed by atoms with Gasteiger partial charge in [-0.1, -0.05) is 18.6 Å². The second-order valence-corrected chi connectivity index (χ2v) is 8.90. The summed E-state index contributed by atoms with van der Waals surface area (Å²) in [6.45, 7) is 1.98. The summed E-state index contributed by atoms with van der Waals surface area (Å²) in [6.07, 6.45) is 8.20. The smallest absolute Gasteiger partial charge is 0.341 e. The molecule has 0 saturated carbocycles. The van der Waals surface area contributed by atoms with E-state index in [4.69, 9.17) is 4.74 Å².